The van der Waals surface area contributed by atoms with Gasteiger partial charge in [0, 0.05) is 17.5 Å². The van der Waals surface area contributed by atoms with Gasteiger partial charge >= 0.3 is 0 Å². The average Bonchev–Trinajstić information content (AvgIpc) is 3.22. The van der Waals surface area contributed by atoms with Crippen LogP contribution < -0.4 is 5.32 Å². The van der Waals surface area contributed by atoms with Crippen LogP contribution in [0.3, 0.4) is 0 Å². The van der Waals surface area contributed by atoms with Crippen molar-refractivity contribution >= 4 is 34.1 Å². The van der Waals surface area contributed by atoms with Crippen molar-refractivity contribution in [3.05, 3.63) is 54.1 Å². The van der Waals surface area contributed by atoms with Gasteiger partial charge in [-0.2, -0.15) is 0 Å². The molecule has 1 N–H and O–H groups in total. The summed E-state index contributed by atoms with van der Waals surface area (Å²) in [6, 6.07) is 9.85. The molecule has 1 amide bonds. The van der Waals surface area contributed by atoms with E-state index in [1.54, 1.807) is 6.08 Å². The summed E-state index contributed by atoms with van der Waals surface area (Å²) in [5.74, 6) is 0.648. The van der Waals surface area contributed by atoms with Crippen molar-refractivity contribution in [2.75, 3.05) is 5.32 Å². The van der Waals surface area contributed by atoms with Gasteiger partial charge in [-0.15, -0.1) is 28.1 Å². The molecule has 26 heavy (non-hydrogen) atoms. The van der Waals surface area contributed by atoms with Crippen LogP contribution in [0.15, 0.2) is 53.5 Å². The van der Waals surface area contributed by atoms with Gasteiger partial charge in [-0.3, -0.25) is 9.36 Å². The van der Waals surface area contributed by atoms with Gasteiger partial charge in [0.1, 0.15) is 0 Å². The van der Waals surface area contributed by atoms with Crippen molar-refractivity contribution < 1.29 is 4.79 Å². The van der Waals surface area contributed by atoms with E-state index in [2.05, 4.69) is 27.1 Å². The number of allylic oxidation sites excluding steroid dienone is 1. The highest BCUT2D eigenvalue weighted by atomic mass is 32.2. The van der Waals surface area contributed by atoms with Gasteiger partial charge in [0.15, 0.2) is 16.1 Å². The van der Waals surface area contributed by atoms with Crippen LogP contribution >= 0.6 is 23.1 Å². The molecular formula is C18H19N5OS2. The second kappa shape index (κ2) is 8.29. The molecule has 6 nitrogen and oxygen atoms in total. The smallest absolute Gasteiger partial charge is 0.239 e. The molecule has 2 aromatic heterocycles. The van der Waals surface area contributed by atoms with Crippen LogP contribution in [0, 0.1) is 6.92 Å². The van der Waals surface area contributed by atoms with Gasteiger partial charge in [-0.1, -0.05) is 48.2 Å². The summed E-state index contributed by atoms with van der Waals surface area (Å²) in [4.78, 5) is 16.7. The number of aryl methyl sites for hydroxylation is 1. The van der Waals surface area contributed by atoms with E-state index >= 15 is 0 Å². The number of aromatic nitrogens is 4. The molecule has 1 unspecified atom stereocenters. The number of nitrogens with one attached hydrogen (secondary N) is 1. The predicted molar refractivity (Wildman–Crippen MR) is 106 cm³/mol. The third kappa shape index (κ3) is 4.20. The first kappa shape index (κ1) is 18.3. The second-order valence-electron chi connectivity index (χ2n) is 5.61. The first-order valence-corrected chi connectivity index (χ1v) is 9.83. The predicted octanol–water partition coefficient (Wildman–Crippen LogP) is 4.02. The van der Waals surface area contributed by atoms with Gasteiger partial charge in [-0.05, 0) is 13.8 Å². The largest absolute Gasteiger partial charge is 0.301 e. The normalized spacial score (nSPS) is 11.9. The summed E-state index contributed by atoms with van der Waals surface area (Å²) < 4.78 is 1.96. The second-order valence-corrected chi connectivity index (χ2v) is 7.78. The monoisotopic (exact) mass is 385 g/mol. The number of benzene rings is 1. The van der Waals surface area contributed by atoms with Crippen molar-refractivity contribution in [2.45, 2.75) is 30.8 Å². The molecule has 3 aromatic rings. The molecule has 1 atom stereocenters. The maximum absolute atomic E-state index is 12.4. The number of carbonyl (C=O) groups is 1. The number of anilines is 1. The van der Waals surface area contributed by atoms with Crippen molar-refractivity contribution in [3.8, 4) is 11.4 Å². The van der Waals surface area contributed by atoms with Gasteiger partial charge in [0.2, 0.25) is 5.91 Å². The highest BCUT2D eigenvalue weighted by molar-refractivity contribution is 8.00. The molecule has 0 aliphatic carbocycles. The topological polar surface area (TPSA) is 72.7 Å². The summed E-state index contributed by atoms with van der Waals surface area (Å²) in [6.07, 6.45) is 1.79. The Balaban J connectivity index is 1.77. The Morgan fingerprint density at radius 2 is 2.15 bits per heavy atom. The third-order valence-electron chi connectivity index (χ3n) is 3.56. The van der Waals surface area contributed by atoms with E-state index in [0.717, 1.165) is 17.1 Å². The fourth-order valence-electron chi connectivity index (χ4n) is 2.30. The summed E-state index contributed by atoms with van der Waals surface area (Å²) in [5.41, 5.74) is 1.87. The van der Waals surface area contributed by atoms with Crippen LogP contribution in [0.25, 0.3) is 11.4 Å². The van der Waals surface area contributed by atoms with Crippen LogP contribution in [0.4, 0.5) is 5.13 Å². The average molecular weight is 386 g/mol. The lowest BCUT2D eigenvalue weighted by molar-refractivity contribution is -0.115. The van der Waals surface area contributed by atoms with E-state index in [0.29, 0.717) is 16.8 Å². The van der Waals surface area contributed by atoms with E-state index in [1.165, 1.54) is 23.1 Å². The summed E-state index contributed by atoms with van der Waals surface area (Å²) in [7, 11) is 0. The van der Waals surface area contributed by atoms with Crippen LogP contribution in [0.2, 0.25) is 0 Å². The molecular weight excluding hydrogens is 366 g/mol. The first-order valence-electron chi connectivity index (χ1n) is 8.07. The molecule has 0 fully saturated rings. The summed E-state index contributed by atoms with van der Waals surface area (Å²) in [6.45, 7) is 8.12. The molecule has 134 valence electrons. The van der Waals surface area contributed by atoms with Crippen molar-refractivity contribution in [3.63, 3.8) is 0 Å². The summed E-state index contributed by atoms with van der Waals surface area (Å²) >= 11 is 2.78. The van der Waals surface area contributed by atoms with E-state index in [-0.39, 0.29) is 11.2 Å². The molecule has 0 aliphatic heterocycles. The van der Waals surface area contributed by atoms with Crippen molar-refractivity contribution in [1.82, 2.24) is 19.7 Å². The Labute approximate surface area is 160 Å². The lowest BCUT2D eigenvalue weighted by Crippen LogP contribution is -2.22. The Bertz CT molecular complexity index is 903. The van der Waals surface area contributed by atoms with Gasteiger partial charge in [0.05, 0.1) is 10.9 Å². The molecule has 0 saturated heterocycles. The molecule has 0 aliphatic rings. The minimum absolute atomic E-state index is 0.112. The number of thiazole rings is 1. The van der Waals surface area contributed by atoms with E-state index in [9.17, 15) is 4.79 Å². The molecule has 2 heterocycles. The maximum atomic E-state index is 12.4. The molecule has 0 bridgehead atoms. The number of hydrogen-bond donors (Lipinski definition) is 1. The maximum Gasteiger partial charge on any atom is 0.239 e. The lowest BCUT2D eigenvalue weighted by atomic mass is 10.2. The molecule has 0 radical (unpaired) electrons. The number of nitrogens with zero attached hydrogens (tertiary/aromatic N) is 4. The molecule has 8 heteroatoms. The standard InChI is InChI=1S/C18H19N5OS2/c1-4-10-23-15(14-8-6-5-7-9-14)21-22-18(23)26-13(3)16(24)20-17-19-12(2)11-25-17/h4-9,11,13H,1,10H2,2-3H3,(H,19,20,24). The van der Waals surface area contributed by atoms with E-state index in [4.69, 9.17) is 0 Å². The third-order valence-corrected chi connectivity index (χ3v) is 5.52. The molecule has 1 aromatic carbocycles. The number of amides is 1. The SMILES string of the molecule is C=CCn1c(SC(C)C(=O)Nc2nc(C)cs2)nnc1-c1ccccc1. The summed E-state index contributed by atoms with van der Waals surface area (Å²) in [5, 5.41) is 14.3. The number of thioether (sulfide) groups is 1. The van der Waals surface area contributed by atoms with Gasteiger partial charge in [0.25, 0.3) is 0 Å². The fourth-order valence-corrected chi connectivity index (χ4v) is 3.85. The van der Waals surface area contributed by atoms with Crippen LogP contribution in [-0.4, -0.2) is 30.9 Å². The Morgan fingerprint density at radius 1 is 1.38 bits per heavy atom. The number of hydrogen-bond acceptors (Lipinski definition) is 6. The zero-order valence-corrected chi connectivity index (χ0v) is 16.2. The van der Waals surface area contributed by atoms with Crippen molar-refractivity contribution in [2.24, 2.45) is 0 Å². The molecule has 0 spiro atoms. The zero-order chi connectivity index (χ0) is 18.5. The number of rotatable bonds is 7. The lowest BCUT2D eigenvalue weighted by Gasteiger charge is -2.12. The first-order chi connectivity index (χ1) is 12.6. The quantitative estimate of drug-likeness (QED) is 0.491. The fraction of sp³-hybridized carbons (Fsp3) is 0.222. The molecule has 3 rings (SSSR count). The molecule has 0 saturated carbocycles. The Kier molecular flexibility index (Phi) is 5.85. The van der Waals surface area contributed by atoms with Crippen LogP contribution in [-0.2, 0) is 11.3 Å². The van der Waals surface area contributed by atoms with Crippen LogP contribution in [0.5, 0.6) is 0 Å². The Hall–Kier alpha value is -2.45. The minimum Gasteiger partial charge on any atom is -0.301 e. The van der Waals surface area contributed by atoms with Gasteiger partial charge in [-0.25, -0.2) is 4.98 Å². The van der Waals surface area contributed by atoms with E-state index in [1.807, 2.05) is 54.1 Å². The highest BCUT2D eigenvalue weighted by Gasteiger charge is 2.21. The number of carbonyl (C=O) groups excluding carboxylic acids is 1. The zero-order valence-electron chi connectivity index (χ0n) is 14.5. The Morgan fingerprint density at radius 3 is 2.81 bits per heavy atom. The van der Waals surface area contributed by atoms with Gasteiger partial charge < -0.3 is 5.32 Å². The van der Waals surface area contributed by atoms with E-state index < -0.39 is 0 Å². The minimum atomic E-state index is -0.337. The van der Waals surface area contributed by atoms with Crippen molar-refractivity contribution in [1.29, 1.82) is 0 Å². The van der Waals surface area contributed by atoms with Crippen LogP contribution in [0.1, 0.15) is 12.6 Å². The highest BCUT2D eigenvalue weighted by Crippen LogP contribution is 2.27.